The number of aliphatic hydroxyl groups excluding tert-OH is 1. The number of rotatable bonds is 7. The van der Waals surface area contributed by atoms with Crippen molar-refractivity contribution in [3.05, 3.63) is 72.7 Å². The van der Waals surface area contributed by atoms with E-state index in [0.717, 1.165) is 5.56 Å². The van der Waals surface area contributed by atoms with Gasteiger partial charge in [-0.2, -0.15) is 0 Å². The lowest BCUT2D eigenvalue weighted by Gasteiger charge is -2.14. The molecule has 0 saturated carbocycles. The van der Waals surface area contributed by atoms with E-state index in [1.165, 1.54) is 19.3 Å². The summed E-state index contributed by atoms with van der Waals surface area (Å²) in [4.78, 5) is 0. The van der Waals surface area contributed by atoms with E-state index in [1.807, 2.05) is 30.3 Å². The number of benzene rings is 1. The molecule has 96 valence electrons. The molecule has 0 saturated heterocycles. The first-order valence-corrected chi connectivity index (χ1v) is 5.61. The van der Waals surface area contributed by atoms with E-state index >= 15 is 0 Å². The largest absolute Gasteiger partial charge is 0.493 e. The van der Waals surface area contributed by atoms with Crippen molar-refractivity contribution in [1.29, 1.82) is 0 Å². The van der Waals surface area contributed by atoms with E-state index in [4.69, 9.17) is 9.47 Å². The zero-order valence-electron chi connectivity index (χ0n) is 10.5. The third kappa shape index (κ3) is 3.79. The van der Waals surface area contributed by atoms with E-state index < -0.39 is 6.10 Å². The molecule has 1 unspecified atom stereocenters. The van der Waals surface area contributed by atoms with Crippen molar-refractivity contribution in [2.24, 2.45) is 0 Å². The van der Waals surface area contributed by atoms with Gasteiger partial charge in [-0.1, -0.05) is 43.5 Å². The molecule has 3 nitrogen and oxygen atoms in total. The van der Waals surface area contributed by atoms with Crippen LogP contribution in [0.2, 0.25) is 0 Å². The number of methoxy groups -OCH3 is 1. The van der Waals surface area contributed by atoms with Gasteiger partial charge in [0.1, 0.15) is 12.7 Å². The number of allylic oxidation sites excluding steroid dienone is 2. The van der Waals surface area contributed by atoms with Gasteiger partial charge in [-0.25, -0.2) is 0 Å². The van der Waals surface area contributed by atoms with Crippen molar-refractivity contribution in [1.82, 2.24) is 0 Å². The Morgan fingerprint density at radius 3 is 2.33 bits per heavy atom. The Morgan fingerprint density at radius 2 is 1.83 bits per heavy atom. The second-order valence-corrected chi connectivity index (χ2v) is 3.58. The van der Waals surface area contributed by atoms with Crippen LogP contribution in [0.4, 0.5) is 0 Å². The highest BCUT2D eigenvalue weighted by molar-refractivity contribution is 5.22. The van der Waals surface area contributed by atoms with Crippen molar-refractivity contribution in [3.63, 3.8) is 0 Å². The first-order chi connectivity index (χ1) is 8.72. The highest BCUT2D eigenvalue weighted by Gasteiger charge is 2.09. The van der Waals surface area contributed by atoms with E-state index in [2.05, 4.69) is 13.2 Å². The second-order valence-electron chi connectivity index (χ2n) is 3.58. The summed E-state index contributed by atoms with van der Waals surface area (Å²) in [5, 5.41) is 9.94. The van der Waals surface area contributed by atoms with Crippen LogP contribution in [-0.2, 0) is 9.47 Å². The molecular weight excluding hydrogens is 228 g/mol. The lowest BCUT2D eigenvalue weighted by Crippen LogP contribution is -2.07. The minimum absolute atomic E-state index is 0.131. The summed E-state index contributed by atoms with van der Waals surface area (Å²) >= 11 is 0. The van der Waals surface area contributed by atoms with E-state index in [-0.39, 0.29) is 6.61 Å². The van der Waals surface area contributed by atoms with Gasteiger partial charge in [0.05, 0.1) is 7.11 Å². The van der Waals surface area contributed by atoms with Crippen LogP contribution in [0.5, 0.6) is 0 Å². The van der Waals surface area contributed by atoms with Gasteiger partial charge in [0, 0.05) is 0 Å². The number of ether oxygens (including phenoxy) is 2. The maximum absolute atomic E-state index is 9.94. The lowest BCUT2D eigenvalue weighted by atomic mass is 10.1. The summed E-state index contributed by atoms with van der Waals surface area (Å²) in [5.74, 6) is 0.952. The molecule has 0 amide bonds. The third-order valence-electron chi connectivity index (χ3n) is 2.41. The molecule has 3 heteroatoms. The first kappa shape index (κ1) is 14.1. The molecule has 0 heterocycles. The van der Waals surface area contributed by atoms with Crippen molar-refractivity contribution in [2.45, 2.75) is 6.10 Å². The molecule has 0 spiro atoms. The Hall–Kier alpha value is -2.00. The van der Waals surface area contributed by atoms with E-state index in [0.29, 0.717) is 11.5 Å². The number of aliphatic hydroxyl groups is 1. The molecule has 1 N–H and O–H groups in total. The fourth-order valence-electron chi connectivity index (χ4n) is 1.46. The Labute approximate surface area is 108 Å². The van der Waals surface area contributed by atoms with Crippen molar-refractivity contribution in [2.75, 3.05) is 13.7 Å². The highest BCUT2D eigenvalue weighted by atomic mass is 16.5. The van der Waals surface area contributed by atoms with E-state index in [1.54, 1.807) is 0 Å². The Kier molecular flexibility index (Phi) is 5.74. The average molecular weight is 246 g/mol. The number of hydrogen-bond donors (Lipinski definition) is 1. The summed E-state index contributed by atoms with van der Waals surface area (Å²) in [6, 6.07) is 9.32. The molecule has 0 aliphatic rings. The molecule has 1 rings (SSSR count). The molecule has 0 aromatic heterocycles. The molecule has 1 aromatic rings. The SMILES string of the molecule is C=C/C(OC)=C(\C=C)OCC(O)c1ccccc1. The lowest BCUT2D eigenvalue weighted by molar-refractivity contribution is 0.0702. The Balaban J connectivity index is 2.67. The van der Waals surface area contributed by atoms with Crippen LogP contribution in [0.1, 0.15) is 11.7 Å². The van der Waals surface area contributed by atoms with Crippen LogP contribution in [0.15, 0.2) is 67.2 Å². The average Bonchev–Trinajstić information content (AvgIpc) is 2.44. The molecule has 0 bridgehead atoms. The van der Waals surface area contributed by atoms with Gasteiger partial charge in [-0.3, -0.25) is 0 Å². The predicted octanol–water partition coefficient (Wildman–Crippen LogP) is 2.97. The highest BCUT2D eigenvalue weighted by Crippen LogP contribution is 2.16. The zero-order chi connectivity index (χ0) is 13.4. The van der Waals surface area contributed by atoms with Gasteiger partial charge in [0.15, 0.2) is 11.5 Å². The Morgan fingerprint density at radius 1 is 1.22 bits per heavy atom. The molecule has 1 atom stereocenters. The normalized spacial score (nSPS) is 13.2. The quantitative estimate of drug-likeness (QED) is 0.594. The maximum Gasteiger partial charge on any atom is 0.160 e. The zero-order valence-corrected chi connectivity index (χ0v) is 10.5. The Bertz CT molecular complexity index is 421. The van der Waals surface area contributed by atoms with Gasteiger partial charge in [-0.05, 0) is 17.7 Å². The van der Waals surface area contributed by atoms with Gasteiger partial charge >= 0.3 is 0 Å². The summed E-state index contributed by atoms with van der Waals surface area (Å²) in [6.07, 6.45) is 2.37. The molecule has 18 heavy (non-hydrogen) atoms. The standard InChI is InChI=1S/C15H18O3/c1-4-14(17-3)15(5-2)18-11-13(16)12-9-7-6-8-10-12/h4-10,13,16H,1-2,11H2,3H3/b15-14-. The van der Waals surface area contributed by atoms with Crippen molar-refractivity contribution in [3.8, 4) is 0 Å². The third-order valence-corrected chi connectivity index (χ3v) is 2.41. The minimum Gasteiger partial charge on any atom is -0.493 e. The molecule has 0 fully saturated rings. The van der Waals surface area contributed by atoms with Gasteiger partial charge < -0.3 is 14.6 Å². The van der Waals surface area contributed by atoms with Crippen LogP contribution in [0, 0.1) is 0 Å². The fourth-order valence-corrected chi connectivity index (χ4v) is 1.46. The van der Waals surface area contributed by atoms with Gasteiger partial charge in [0.25, 0.3) is 0 Å². The molecule has 0 aliphatic heterocycles. The number of hydrogen-bond acceptors (Lipinski definition) is 3. The van der Waals surface area contributed by atoms with Crippen molar-refractivity contribution < 1.29 is 14.6 Å². The van der Waals surface area contributed by atoms with Crippen LogP contribution < -0.4 is 0 Å². The van der Waals surface area contributed by atoms with Crippen LogP contribution in [-0.4, -0.2) is 18.8 Å². The fraction of sp³-hybridized carbons (Fsp3) is 0.200. The predicted molar refractivity (Wildman–Crippen MR) is 71.8 cm³/mol. The summed E-state index contributed by atoms with van der Waals surface area (Å²) in [6.45, 7) is 7.38. The summed E-state index contributed by atoms with van der Waals surface area (Å²) in [5.41, 5.74) is 0.804. The molecule has 0 radical (unpaired) electrons. The van der Waals surface area contributed by atoms with Crippen LogP contribution >= 0.6 is 0 Å². The smallest absolute Gasteiger partial charge is 0.160 e. The maximum atomic E-state index is 9.94. The van der Waals surface area contributed by atoms with Gasteiger partial charge in [0.2, 0.25) is 0 Å². The summed E-state index contributed by atoms with van der Waals surface area (Å²) < 4.78 is 10.5. The second kappa shape index (κ2) is 7.35. The van der Waals surface area contributed by atoms with Gasteiger partial charge in [-0.15, -0.1) is 0 Å². The van der Waals surface area contributed by atoms with E-state index in [9.17, 15) is 5.11 Å². The molecule has 1 aromatic carbocycles. The van der Waals surface area contributed by atoms with Crippen LogP contribution in [0.3, 0.4) is 0 Å². The minimum atomic E-state index is -0.691. The van der Waals surface area contributed by atoms with Crippen molar-refractivity contribution >= 4 is 0 Å². The monoisotopic (exact) mass is 246 g/mol. The molecule has 0 aliphatic carbocycles. The molecular formula is C15H18O3. The topological polar surface area (TPSA) is 38.7 Å². The van der Waals surface area contributed by atoms with Crippen LogP contribution in [0.25, 0.3) is 0 Å². The summed E-state index contributed by atoms with van der Waals surface area (Å²) in [7, 11) is 1.53. The first-order valence-electron chi connectivity index (χ1n) is 5.61.